The molecule has 3 rings (SSSR count). The number of rotatable bonds is 0. The third kappa shape index (κ3) is 1.78. The topological polar surface area (TPSA) is 44.4 Å². The molecule has 17 heavy (non-hydrogen) atoms. The van der Waals surface area contributed by atoms with Crippen molar-refractivity contribution < 1.29 is 4.79 Å². The standard InChI is InChI=1S/C13H17N3O/c1-8-3-4-10-11(5-8)14-12-7-16(2)6-9(12)13(17)15-10/h3-5,9,12,14H,6-7H2,1-2H3,(H,15,17). The molecule has 2 atom stereocenters. The second-order valence-corrected chi connectivity index (χ2v) is 5.12. The molecule has 0 radical (unpaired) electrons. The number of anilines is 2. The van der Waals surface area contributed by atoms with Crippen LogP contribution in [-0.4, -0.2) is 37.0 Å². The molecule has 1 saturated heterocycles. The average molecular weight is 231 g/mol. The van der Waals surface area contributed by atoms with Crippen molar-refractivity contribution in [2.75, 3.05) is 30.8 Å². The van der Waals surface area contributed by atoms with Gasteiger partial charge in [-0.3, -0.25) is 4.79 Å². The van der Waals surface area contributed by atoms with Crippen LogP contribution in [0.1, 0.15) is 5.56 Å². The van der Waals surface area contributed by atoms with Crippen LogP contribution < -0.4 is 10.6 Å². The van der Waals surface area contributed by atoms with Crippen LogP contribution in [0.4, 0.5) is 11.4 Å². The molecule has 0 saturated carbocycles. The highest BCUT2D eigenvalue weighted by molar-refractivity contribution is 5.98. The minimum atomic E-state index is 0.0488. The molecule has 0 aliphatic carbocycles. The van der Waals surface area contributed by atoms with E-state index >= 15 is 0 Å². The van der Waals surface area contributed by atoms with Gasteiger partial charge >= 0.3 is 0 Å². The van der Waals surface area contributed by atoms with E-state index in [9.17, 15) is 4.79 Å². The maximum Gasteiger partial charge on any atom is 0.230 e. The Morgan fingerprint density at radius 2 is 2.12 bits per heavy atom. The summed E-state index contributed by atoms with van der Waals surface area (Å²) in [6.07, 6.45) is 0. The molecule has 0 bridgehead atoms. The van der Waals surface area contributed by atoms with E-state index in [4.69, 9.17) is 0 Å². The highest BCUT2D eigenvalue weighted by Crippen LogP contribution is 2.31. The van der Waals surface area contributed by atoms with Crippen LogP contribution in [0.25, 0.3) is 0 Å². The third-order valence-corrected chi connectivity index (χ3v) is 3.61. The Hall–Kier alpha value is -1.55. The van der Waals surface area contributed by atoms with Gasteiger partial charge in [-0.05, 0) is 31.7 Å². The first-order valence-electron chi connectivity index (χ1n) is 6.00. The van der Waals surface area contributed by atoms with E-state index < -0.39 is 0 Å². The highest BCUT2D eigenvalue weighted by Gasteiger charge is 2.38. The molecule has 2 aliphatic rings. The lowest BCUT2D eigenvalue weighted by atomic mass is 10.0. The quantitative estimate of drug-likeness (QED) is 0.707. The Morgan fingerprint density at radius 3 is 2.94 bits per heavy atom. The summed E-state index contributed by atoms with van der Waals surface area (Å²) in [4.78, 5) is 14.3. The number of hydrogen-bond donors (Lipinski definition) is 2. The van der Waals surface area contributed by atoms with Gasteiger partial charge in [-0.25, -0.2) is 0 Å². The number of carbonyl (C=O) groups is 1. The zero-order valence-corrected chi connectivity index (χ0v) is 10.2. The molecule has 1 aromatic rings. The molecule has 0 spiro atoms. The molecule has 90 valence electrons. The zero-order chi connectivity index (χ0) is 12.0. The summed E-state index contributed by atoms with van der Waals surface area (Å²) >= 11 is 0. The first kappa shape index (κ1) is 10.6. The van der Waals surface area contributed by atoms with Gasteiger partial charge in [-0.15, -0.1) is 0 Å². The lowest BCUT2D eigenvalue weighted by molar-refractivity contribution is -0.119. The largest absolute Gasteiger partial charge is 0.378 e. The number of aryl methyl sites for hydroxylation is 1. The molecule has 2 heterocycles. The number of amides is 1. The number of carbonyl (C=O) groups excluding carboxylic acids is 1. The lowest BCUT2D eigenvalue weighted by Gasteiger charge is -2.16. The summed E-state index contributed by atoms with van der Waals surface area (Å²) in [5.41, 5.74) is 3.15. The van der Waals surface area contributed by atoms with Gasteiger partial charge in [-0.2, -0.15) is 0 Å². The predicted molar refractivity (Wildman–Crippen MR) is 68.2 cm³/mol. The van der Waals surface area contributed by atoms with Crippen molar-refractivity contribution in [1.82, 2.24) is 4.90 Å². The number of likely N-dealkylation sites (tertiary alicyclic amines) is 1. The summed E-state index contributed by atoms with van der Waals surface area (Å²) in [5, 5.41) is 6.51. The summed E-state index contributed by atoms with van der Waals surface area (Å²) in [6.45, 7) is 3.81. The molecular formula is C13H17N3O. The maximum absolute atomic E-state index is 12.1. The number of hydrogen-bond acceptors (Lipinski definition) is 3. The van der Waals surface area contributed by atoms with Crippen molar-refractivity contribution in [3.8, 4) is 0 Å². The average Bonchev–Trinajstić information content (AvgIpc) is 2.58. The number of nitrogens with one attached hydrogen (secondary N) is 2. The summed E-state index contributed by atoms with van der Waals surface area (Å²) in [7, 11) is 2.06. The molecular weight excluding hydrogens is 214 g/mol. The second-order valence-electron chi connectivity index (χ2n) is 5.12. The fourth-order valence-corrected chi connectivity index (χ4v) is 2.72. The van der Waals surface area contributed by atoms with E-state index in [-0.39, 0.29) is 17.9 Å². The monoisotopic (exact) mass is 231 g/mol. The number of likely N-dealkylation sites (N-methyl/N-ethyl adjacent to an activating group) is 1. The first-order chi connectivity index (χ1) is 8.13. The van der Waals surface area contributed by atoms with Crippen molar-refractivity contribution in [1.29, 1.82) is 0 Å². The van der Waals surface area contributed by atoms with Crippen molar-refractivity contribution >= 4 is 17.3 Å². The number of fused-ring (bicyclic) bond motifs is 2. The van der Waals surface area contributed by atoms with Crippen molar-refractivity contribution in [3.63, 3.8) is 0 Å². The smallest absolute Gasteiger partial charge is 0.230 e. The van der Waals surface area contributed by atoms with Gasteiger partial charge < -0.3 is 15.5 Å². The highest BCUT2D eigenvalue weighted by atomic mass is 16.2. The molecule has 1 aromatic carbocycles. The second kappa shape index (κ2) is 3.74. The SMILES string of the molecule is Cc1ccc2c(c1)NC1CN(C)CC1C(=O)N2. The fourth-order valence-electron chi connectivity index (χ4n) is 2.72. The zero-order valence-electron chi connectivity index (χ0n) is 10.2. The molecule has 0 aromatic heterocycles. The van der Waals surface area contributed by atoms with E-state index in [1.165, 1.54) is 5.56 Å². The van der Waals surface area contributed by atoms with Gasteiger partial charge in [0.25, 0.3) is 0 Å². The maximum atomic E-state index is 12.1. The van der Waals surface area contributed by atoms with Crippen LogP contribution >= 0.6 is 0 Å². The molecule has 4 heteroatoms. The fraction of sp³-hybridized carbons (Fsp3) is 0.462. The van der Waals surface area contributed by atoms with Crippen LogP contribution in [0.3, 0.4) is 0 Å². The van der Waals surface area contributed by atoms with Gasteiger partial charge in [-0.1, -0.05) is 6.07 Å². The van der Waals surface area contributed by atoms with Gasteiger partial charge in [0.05, 0.1) is 23.3 Å². The lowest BCUT2D eigenvalue weighted by Crippen LogP contribution is -2.33. The molecule has 4 nitrogen and oxygen atoms in total. The van der Waals surface area contributed by atoms with Crippen LogP contribution in [-0.2, 0) is 4.79 Å². The Kier molecular flexibility index (Phi) is 2.33. The third-order valence-electron chi connectivity index (χ3n) is 3.61. The Labute approximate surface area is 101 Å². The Balaban J connectivity index is 1.98. The number of nitrogens with zero attached hydrogens (tertiary/aromatic N) is 1. The van der Waals surface area contributed by atoms with Crippen molar-refractivity contribution in [2.45, 2.75) is 13.0 Å². The normalized spacial score (nSPS) is 27.8. The van der Waals surface area contributed by atoms with Crippen LogP contribution in [0, 0.1) is 12.8 Å². The predicted octanol–water partition coefficient (Wildman–Crippen LogP) is 1.29. The van der Waals surface area contributed by atoms with Crippen LogP contribution in [0.2, 0.25) is 0 Å². The molecule has 1 amide bonds. The van der Waals surface area contributed by atoms with Gasteiger partial charge in [0, 0.05) is 13.1 Å². The Bertz CT molecular complexity index is 472. The van der Waals surface area contributed by atoms with Gasteiger partial charge in [0.2, 0.25) is 5.91 Å². The summed E-state index contributed by atoms with van der Waals surface area (Å²) in [6, 6.07) is 6.31. The minimum absolute atomic E-state index is 0.0488. The molecule has 2 unspecified atom stereocenters. The van der Waals surface area contributed by atoms with Crippen LogP contribution in [0.5, 0.6) is 0 Å². The van der Waals surface area contributed by atoms with Gasteiger partial charge in [0.1, 0.15) is 0 Å². The number of benzene rings is 1. The van der Waals surface area contributed by atoms with E-state index in [1.807, 2.05) is 12.1 Å². The molecule has 2 N–H and O–H groups in total. The van der Waals surface area contributed by atoms with E-state index in [0.717, 1.165) is 24.5 Å². The molecule has 1 fully saturated rings. The molecule has 2 aliphatic heterocycles. The van der Waals surface area contributed by atoms with E-state index in [2.05, 4.69) is 35.6 Å². The Morgan fingerprint density at radius 1 is 1.29 bits per heavy atom. The van der Waals surface area contributed by atoms with Gasteiger partial charge in [0.15, 0.2) is 0 Å². The summed E-state index contributed by atoms with van der Waals surface area (Å²) in [5.74, 6) is 0.183. The van der Waals surface area contributed by atoms with E-state index in [0.29, 0.717) is 0 Å². The van der Waals surface area contributed by atoms with E-state index in [1.54, 1.807) is 0 Å². The first-order valence-corrected chi connectivity index (χ1v) is 6.00. The minimum Gasteiger partial charge on any atom is -0.378 e. The van der Waals surface area contributed by atoms with Crippen LogP contribution in [0.15, 0.2) is 18.2 Å². The summed E-state index contributed by atoms with van der Waals surface area (Å²) < 4.78 is 0. The van der Waals surface area contributed by atoms with Crippen molar-refractivity contribution in [2.24, 2.45) is 5.92 Å². The van der Waals surface area contributed by atoms with Crippen molar-refractivity contribution in [3.05, 3.63) is 23.8 Å².